The summed E-state index contributed by atoms with van der Waals surface area (Å²) in [5.41, 5.74) is 0.788. The number of carbonyl (C=O) groups excluding carboxylic acids is 1. The van der Waals surface area contributed by atoms with Gasteiger partial charge >= 0.3 is 6.03 Å². The minimum Gasteiger partial charge on any atom is -0.321 e. The first kappa shape index (κ1) is 14.9. The molecule has 1 aliphatic rings. The Kier molecular flexibility index (Phi) is 5.04. The lowest BCUT2D eigenvalue weighted by atomic mass is 9.93. The van der Waals surface area contributed by atoms with E-state index in [1.807, 2.05) is 15.8 Å². The molecule has 2 rings (SSSR count). The fraction of sp³-hybridized carbons (Fsp3) is 0.733. The monoisotopic (exact) mass is 278 g/mol. The Morgan fingerprint density at radius 2 is 2.30 bits per heavy atom. The number of nitrogens with zero attached hydrogens (tertiary/aromatic N) is 3. The van der Waals surface area contributed by atoms with Gasteiger partial charge in [-0.05, 0) is 31.6 Å². The molecule has 1 unspecified atom stereocenters. The highest BCUT2D eigenvalue weighted by molar-refractivity contribution is 5.89. The van der Waals surface area contributed by atoms with Crippen LogP contribution in [0.1, 0.15) is 46.5 Å². The molecule has 0 radical (unpaired) electrons. The van der Waals surface area contributed by atoms with Gasteiger partial charge in [-0.25, -0.2) is 4.79 Å². The van der Waals surface area contributed by atoms with Gasteiger partial charge in [-0.2, -0.15) is 5.10 Å². The molecule has 1 aliphatic heterocycles. The second-order valence-electron chi connectivity index (χ2n) is 5.92. The van der Waals surface area contributed by atoms with E-state index >= 15 is 0 Å². The Hall–Kier alpha value is -1.52. The molecule has 1 aromatic heterocycles. The number of aryl methyl sites for hydroxylation is 1. The molecule has 0 bridgehead atoms. The molecule has 1 N–H and O–H groups in total. The van der Waals surface area contributed by atoms with Gasteiger partial charge in [-0.1, -0.05) is 20.8 Å². The first-order chi connectivity index (χ1) is 9.61. The number of hydrogen-bond donors (Lipinski definition) is 1. The predicted octanol–water partition coefficient (Wildman–Crippen LogP) is 3.34. The van der Waals surface area contributed by atoms with E-state index in [9.17, 15) is 4.79 Å². The van der Waals surface area contributed by atoms with E-state index < -0.39 is 0 Å². The zero-order valence-corrected chi connectivity index (χ0v) is 12.8. The van der Waals surface area contributed by atoms with Gasteiger partial charge in [0.2, 0.25) is 0 Å². The van der Waals surface area contributed by atoms with Gasteiger partial charge in [0, 0.05) is 25.3 Å². The Balaban J connectivity index is 1.98. The number of nitrogens with one attached hydrogen (secondary N) is 1. The summed E-state index contributed by atoms with van der Waals surface area (Å²) >= 11 is 0. The molecule has 5 heteroatoms. The molecule has 1 atom stereocenters. The van der Waals surface area contributed by atoms with Crippen molar-refractivity contribution in [3.63, 3.8) is 0 Å². The topological polar surface area (TPSA) is 50.2 Å². The third kappa shape index (κ3) is 3.52. The van der Waals surface area contributed by atoms with Crippen LogP contribution in [0.2, 0.25) is 0 Å². The normalized spacial score (nSPS) is 19.4. The number of hydrogen-bond acceptors (Lipinski definition) is 2. The minimum atomic E-state index is 0.0134. The van der Waals surface area contributed by atoms with E-state index in [4.69, 9.17) is 0 Å². The molecule has 2 heterocycles. The van der Waals surface area contributed by atoms with Crippen molar-refractivity contribution in [1.29, 1.82) is 0 Å². The van der Waals surface area contributed by atoms with Gasteiger partial charge in [0.1, 0.15) is 0 Å². The van der Waals surface area contributed by atoms with Crippen LogP contribution < -0.4 is 5.32 Å². The van der Waals surface area contributed by atoms with Crippen LogP contribution in [0.5, 0.6) is 0 Å². The number of anilines is 1. The molecule has 1 fully saturated rings. The molecule has 0 aliphatic carbocycles. The summed E-state index contributed by atoms with van der Waals surface area (Å²) in [7, 11) is 0. The maximum absolute atomic E-state index is 12.4. The fourth-order valence-corrected chi connectivity index (χ4v) is 2.88. The summed E-state index contributed by atoms with van der Waals surface area (Å²) in [4.78, 5) is 14.4. The number of aromatic nitrogens is 2. The lowest BCUT2D eigenvalue weighted by molar-refractivity contribution is 0.138. The predicted molar refractivity (Wildman–Crippen MR) is 80.7 cm³/mol. The van der Waals surface area contributed by atoms with E-state index in [0.29, 0.717) is 12.0 Å². The third-order valence-corrected chi connectivity index (χ3v) is 3.92. The van der Waals surface area contributed by atoms with E-state index in [-0.39, 0.29) is 6.03 Å². The van der Waals surface area contributed by atoms with Crippen molar-refractivity contribution in [2.24, 2.45) is 5.92 Å². The Morgan fingerprint density at radius 3 is 3.00 bits per heavy atom. The highest BCUT2D eigenvalue weighted by atomic mass is 16.2. The van der Waals surface area contributed by atoms with Crippen molar-refractivity contribution < 1.29 is 4.79 Å². The second kappa shape index (κ2) is 6.77. The van der Waals surface area contributed by atoms with Crippen LogP contribution in [0.3, 0.4) is 0 Å². The summed E-state index contributed by atoms with van der Waals surface area (Å²) in [5.74, 6) is 0.504. The average molecular weight is 278 g/mol. The molecular formula is C15H26N4O. The average Bonchev–Trinajstić information content (AvgIpc) is 2.86. The molecule has 2 amide bonds. The highest BCUT2D eigenvalue weighted by Gasteiger charge is 2.28. The van der Waals surface area contributed by atoms with Crippen LogP contribution in [-0.4, -0.2) is 33.3 Å². The Labute approximate surface area is 121 Å². The van der Waals surface area contributed by atoms with Gasteiger partial charge in [0.15, 0.2) is 0 Å². The van der Waals surface area contributed by atoms with E-state index in [1.54, 1.807) is 6.20 Å². The van der Waals surface area contributed by atoms with Crippen LogP contribution in [0.4, 0.5) is 10.5 Å². The SMILES string of the molecule is CCCn1cc(NC(=O)N2CCCCC2C(C)C)cn1. The number of carbonyl (C=O) groups is 1. The maximum atomic E-state index is 12.4. The molecule has 0 saturated carbocycles. The van der Waals surface area contributed by atoms with Crippen molar-refractivity contribution in [3.05, 3.63) is 12.4 Å². The van der Waals surface area contributed by atoms with Crippen LogP contribution in [-0.2, 0) is 6.54 Å². The van der Waals surface area contributed by atoms with Crippen molar-refractivity contribution in [3.8, 4) is 0 Å². The summed E-state index contributed by atoms with van der Waals surface area (Å²) in [6.07, 6.45) is 8.10. The summed E-state index contributed by atoms with van der Waals surface area (Å²) < 4.78 is 1.87. The largest absolute Gasteiger partial charge is 0.322 e. The zero-order chi connectivity index (χ0) is 14.5. The summed E-state index contributed by atoms with van der Waals surface area (Å²) in [6, 6.07) is 0.369. The Morgan fingerprint density at radius 1 is 1.50 bits per heavy atom. The van der Waals surface area contributed by atoms with Crippen LogP contribution in [0.15, 0.2) is 12.4 Å². The number of urea groups is 1. The fourth-order valence-electron chi connectivity index (χ4n) is 2.88. The highest BCUT2D eigenvalue weighted by Crippen LogP contribution is 2.23. The third-order valence-electron chi connectivity index (χ3n) is 3.92. The quantitative estimate of drug-likeness (QED) is 0.918. The first-order valence-corrected chi connectivity index (χ1v) is 7.72. The summed E-state index contributed by atoms with van der Waals surface area (Å²) in [5, 5.41) is 7.22. The van der Waals surface area contributed by atoms with Crippen molar-refractivity contribution in [1.82, 2.24) is 14.7 Å². The number of likely N-dealkylation sites (tertiary alicyclic amines) is 1. The van der Waals surface area contributed by atoms with Crippen LogP contribution >= 0.6 is 0 Å². The molecule has 1 aromatic rings. The number of amides is 2. The maximum Gasteiger partial charge on any atom is 0.322 e. The van der Waals surface area contributed by atoms with Crippen molar-refractivity contribution >= 4 is 11.7 Å². The standard InChI is InChI=1S/C15H26N4O/c1-4-8-18-11-13(10-16-18)17-15(20)19-9-6-5-7-14(19)12(2)3/h10-12,14H,4-9H2,1-3H3,(H,17,20). The molecule has 0 spiro atoms. The lowest BCUT2D eigenvalue weighted by Crippen LogP contribution is -2.48. The van der Waals surface area contributed by atoms with E-state index in [0.717, 1.165) is 38.0 Å². The number of piperidine rings is 1. The Bertz CT molecular complexity index is 441. The van der Waals surface area contributed by atoms with Crippen molar-refractivity contribution in [2.75, 3.05) is 11.9 Å². The van der Waals surface area contributed by atoms with Gasteiger partial charge in [0.25, 0.3) is 0 Å². The molecule has 5 nitrogen and oxygen atoms in total. The smallest absolute Gasteiger partial charge is 0.321 e. The van der Waals surface area contributed by atoms with Gasteiger partial charge in [-0.3, -0.25) is 4.68 Å². The second-order valence-corrected chi connectivity index (χ2v) is 5.92. The van der Waals surface area contributed by atoms with E-state index in [1.165, 1.54) is 6.42 Å². The van der Waals surface area contributed by atoms with Crippen LogP contribution in [0.25, 0.3) is 0 Å². The first-order valence-electron chi connectivity index (χ1n) is 7.72. The molecule has 0 aromatic carbocycles. The molecule has 1 saturated heterocycles. The van der Waals surface area contributed by atoms with E-state index in [2.05, 4.69) is 31.2 Å². The van der Waals surface area contributed by atoms with Gasteiger partial charge < -0.3 is 10.2 Å². The van der Waals surface area contributed by atoms with Crippen molar-refractivity contribution in [2.45, 2.75) is 59.0 Å². The number of rotatable bonds is 4. The van der Waals surface area contributed by atoms with Gasteiger partial charge in [-0.15, -0.1) is 0 Å². The lowest BCUT2D eigenvalue weighted by Gasteiger charge is -2.38. The van der Waals surface area contributed by atoms with Gasteiger partial charge in [0.05, 0.1) is 11.9 Å². The minimum absolute atomic E-state index is 0.0134. The molecule has 112 valence electrons. The molecular weight excluding hydrogens is 252 g/mol. The summed E-state index contributed by atoms with van der Waals surface area (Å²) in [6.45, 7) is 8.23. The van der Waals surface area contributed by atoms with Crippen LogP contribution in [0, 0.1) is 5.92 Å². The zero-order valence-electron chi connectivity index (χ0n) is 12.8. The molecule has 20 heavy (non-hydrogen) atoms.